The number of methoxy groups -OCH3 is 1. The normalized spacial score (nSPS) is 10.3. The van der Waals surface area contributed by atoms with E-state index in [1.807, 2.05) is 24.3 Å². The molecule has 0 aliphatic heterocycles. The van der Waals surface area contributed by atoms with Crippen LogP contribution in [0.2, 0.25) is 0 Å². The lowest BCUT2D eigenvalue weighted by Gasteiger charge is -2.13. The van der Waals surface area contributed by atoms with Crippen molar-refractivity contribution in [2.24, 2.45) is 0 Å². The third-order valence-electron chi connectivity index (χ3n) is 3.71. The maximum atomic E-state index is 12.2. The fourth-order valence-electron chi connectivity index (χ4n) is 2.37. The lowest BCUT2D eigenvalue weighted by atomic mass is 10.0. The number of carbonyl (C=O) groups excluding carboxylic acids is 2. The first kappa shape index (κ1) is 19.3. The minimum atomic E-state index is -0.323. The second-order valence-corrected chi connectivity index (χ2v) is 6.16. The van der Waals surface area contributed by atoms with Crippen molar-refractivity contribution in [1.82, 2.24) is 0 Å². The average molecular weight is 356 g/mol. The highest BCUT2D eigenvalue weighted by molar-refractivity contribution is 5.95. The number of carbonyl (C=O) groups is 2. The van der Waals surface area contributed by atoms with Crippen LogP contribution in [0.4, 0.5) is 11.4 Å². The highest BCUT2D eigenvalue weighted by atomic mass is 16.5. The Morgan fingerprint density at radius 2 is 1.73 bits per heavy atom. The molecule has 0 aromatic heterocycles. The Labute approximate surface area is 153 Å². The molecule has 6 nitrogen and oxygen atoms in total. The maximum absolute atomic E-state index is 12.2. The second kappa shape index (κ2) is 8.89. The number of nitrogens with one attached hydrogen (secondary N) is 2. The van der Waals surface area contributed by atoms with Crippen molar-refractivity contribution in [2.45, 2.75) is 26.7 Å². The summed E-state index contributed by atoms with van der Waals surface area (Å²) in [5.74, 6) is 1.05. The molecule has 6 heteroatoms. The molecule has 0 bridgehead atoms. The molecule has 0 aliphatic rings. The Balaban J connectivity index is 1.99. The topological polar surface area (TPSA) is 76.7 Å². The molecule has 2 aromatic rings. The number of hydrogen-bond acceptors (Lipinski definition) is 4. The lowest BCUT2D eigenvalue weighted by Crippen LogP contribution is -2.20. The Morgan fingerprint density at radius 1 is 1.04 bits per heavy atom. The lowest BCUT2D eigenvalue weighted by molar-refractivity contribution is -0.118. The first-order chi connectivity index (χ1) is 12.4. The second-order valence-electron chi connectivity index (χ2n) is 6.16. The fourth-order valence-corrected chi connectivity index (χ4v) is 2.37. The van der Waals surface area contributed by atoms with Crippen LogP contribution in [0.15, 0.2) is 42.5 Å². The number of ether oxygens (including phenoxy) is 2. The van der Waals surface area contributed by atoms with Gasteiger partial charge in [0.15, 0.2) is 6.61 Å². The SMILES string of the molecule is COc1ccc(NC(C)=O)cc1NC(=O)COc1ccc(C(C)C)cc1. The molecule has 0 saturated carbocycles. The molecule has 0 radical (unpaired) electrons. The highest BCUT2D eigenvalue weighted by Gasteiger charge is 2.10. The molecule has 2 N–H and O–H groups in total. The van der Waals surface area contributed by atoms with Gasteiger partial charge in [-0.1, -0.05) is 26.0 Å². The van der Waals surface area contributed by atoms with Gasteiger partial charge in [0.25, 0.3) is 5.91 Å². The van der Waals surface area contributed by atoms with Crippen LogP contribution in [0, 0.1) is 0 Å². The van der Waals surface area contributed by atoms with Gasteiger partial charge >= 0.3 is 0 Å². The molecule has 2 aromatic carbocycles. The van der Waals surface area contributed by atoms with E-state index in [0.717, 1.165) is 0 Å². The number of rotatable bonds is 7. The molecule has 138 valence electrons. The van der Waals surface area contributed by atoms with Crippen molar-refractivity contribution in [1.29, 1.82) is 0 Å². The summed E-state index contributed by atoms with van der Waals surface area (Å²) in [5.41, 5.74) is 2.24. The standard InChI is InChI=1S/C20H24N2O4/c1-13(2)15-5-8-17(9-6-15)26-12-20(24)22-18-11-16(21-14(3)23)7-10-19(18)25-4/h5-11,13H,12H2,1-4H3,(H,21,23)(H,22,24). The third kappa shape index (κ3) is 5.51. The van der Waals surface area contributed by atoms with Crippen LogP contribution in [-0.2, 0) is 9.59 Å². The summed E-state index contributed by atoms with van der Waals surface area (Å²) in [7, 11) is 1.51. The summed E-state index contributed by atoms with van der Waals surface area (Å²) in [4.78, 5) is 23.4. The predicted molar refractivity (Wildman–Crippen MR) is 102 cm³/mol. The quantitative estimate of drug-likeness (QED) is 0.791. The van der Waals surface area contributed by atoms with Crippen LogP contribution in [0.5, 0.6) is 11.5 Å². The molecule has 0 fully saturated rings. The Kier molecular flexibility index (Phi) is 6.60. The van der Waals surface area contributed by atoms with E-state index < -0.39 is 0 Å². The van der Waals surface area contributed by atoms with Gasteiger partial charge in [-0.15, -0.1) is 0 Å². The summed E-state index contributed by atoms with van der Waals surface area (Å²) < 4.78 is 10.8. The van der Waals surface area contributed by atoms with E-state index in [9.17, 15) is 9.59 Å². The monoisotopic (exact) mass is 356 g/mol. The maximum Gasteiger partial charge on any atom is 0.262 e. The van der Waals surface area contributed by atoms with Crippen molar-refractivity contribution >= 4 is 23.2 Å². The van der Waals surface area contributed by atoms with E-state index >= 15 is 0 Å². The first-order valence-electron chi connectivity index (χ1n) is 8.37. The average Bonchev–Trinajstić information content (AvgIpc) is 2.60. The summed E-state index contributed by atoms with van der Waals surface area (Å²) in [5, 5.41) is 5.40. The van der Waals surface area contributed by atoms with Gasteiger partial charge in [0, 0.05) is 12.6 Å². The predicted octanol–water partition coefficient (Wildman–Crippen LogP) is 3.79. The minimum absolute atomic E-state index is 0.130. The van der Waals surface area contributed by atoms with E-state index in [2.05, 4.69) is 24.5 Å². The van der Waals surface area contributed by atoms with Gasteiger partial charge in [0.1, 0.15) is 11.5 Å². The minimum Gasteiger partial charge on any atom is -0.495 e. The zero-order chi connectivity index (χ0) is 19.1. The van der Waals surface area contributed by atoms with Crippen molar-refractivity contribution in [3.8, 4) is 11.5 Å². The van der Waals surface area contributed by atoms with E-state index in [1.54, 1.807) is 18.2 Å². The van der Waals surface area contributed by atoms with E-state index in [4.69, 9.17) is 9.47 Å². The number of anilines is 2. The first-order valence-corrected chi connectivity index (χ1v) is 8.37. The van der Waals surface area contributed by atoms with Gasteiger partial charge in [-0.2, -0.15) is 0 Å². The zero-order valence-corrected chi connectivity index (χ0v) is 15.5. The van der Waals surface area contributed by atoms with Crippen molar-refractivity contribution < 1.29 is 19.1 Å². The smallest absolute Gasteiger partial charge is 0.262 e. The molecular formula is C20H24N2O4. The van der Waals surface area contributed by atoms with Crippen LogP contribution in [0.1, 0.15) is 32.3 Å². The molecule has 26 heavy (non-hydrogen) atoms. The van der Waals surface area contributed by atoms with Crippen LogP contribution >= 0.6 is 0 Å². The molecule has 2 rings (SSSR count). The van der Waals surface area contributed by atoms with Crippen molar-refractivity contribution in [3.63, 3.8) is 0 Å². The number of benzene rings is 2. The number of amides is 2. The summed E-state index contributed by atoms with van der Waals surface area (Å²) in [6, 6.07) is 12.7. The van der Waals surface area contributed by atoms with Gasteiger partial charge in [0.2, 0.25) is 5.91 Å². The zero-order valence-electron chi connectivity index (χ0n) is 15.5. The molecular weight excluding hydrogens is 332 g/mol. The van der Waals surface area contributed by atoms with E-state index in [1.165, 1.54) is 19.6 Å². The Hall–Kier alpha value is -3.02. The van der Waals surface area contributed by atoms with E-state index in [0.29, 0.717) is 28.8 Å². The summed E-state index contributed by atoms with van der Waals surface area (Å²) in [6.07, 6.45) is 0. The molecule has 2 amide bonds. The van der Waals surface area contributed by atoms with Crippen molar-refractivity contribution in [3.05, 3.63) is 48.0 Å². The molecule has 0 saturated heterocycles. The van der Waals surface area contributed by atoms with Crippen LogP contribution in [0.25, 0.3) is 0 Å². The molecule has 0 aliphatic carbocycles. The van der Waals surface area contributed by atoms with Crippen molar-refractivity contribution in [2.75, 3.05) is 24.4 Å². The van der Waals surface area contributed by atoms with Crippen LogP contribution in [-0.4, -0.2) is 25.5 Å². The third-order valence-corrected chi connectivity index (χ3v) is 3.71. The van der Waals surface area contributed by atoms with Gasteiger partial charge in [-0.3, -0.25) is 9.59 Å². The van der Waals surface area contributed by atoms with Crippen LogP contribution < -0.4 is 20.1 Å². The summed E-state index contributed by atoms with van der Waals surface area (Å²) in [6.45, 7) is 5.52. The molecule has 0 unspecified atom stereocenters. The fraction of sp³-hybridized carbons (Fsp3) is 0.300. The number of hydrogen-bond donors (Lipinski definition) is 2. The Bertz CT molecular complexity index is 770. The van der Waals surface area contributed by atoms with Gasteiger partial charge < -0.3 is 20.1 Å². The summed E-state index contributed by atoms with van der Waals surface area (Å²) >= 11 is 0. The molecule has 0 heterocycles. The van der Waals surface area contributed by atoms with Gasteiger partial charge in [-0.05, 0) is 41.8 Å². The largest absolute Gasteiger partial charge is 0.495 e. The van der Waals surface area contributed by atoms with Gasteiger partial charge in [0.05, 0.1) is 12.8 Å². The molecule has 0 atom stereocenters. The van der Waals surface area contributed by atoms with Crippen LogP contribution in [0.3, 0.4) is 0 Å². The highest BCUT2D eigenvalue weighted by Crippen LogP contribution is 2.28. The van der Waals surface area contributed by atoms with Gasteiger partial charge in [-0.25, -0.2) is 0 Å². The van der Waals surface area contributed by atoms with E-state index in [-0.39, 0.29) is 18.4 Å². The Morgan fingerprint density at radius 3 is 2.31 bits per heavy atom. The molecule has 0 spiro atoms.